The lowest BCUT2D eigenvalue weighted by molar-refractivity contribution is -0.128. The molecule has 1 heterocycles. The van der Waals surface area contributed by atoms with E-state index in [-0.39, 0.29) is 11.3 Å². The van der Waals surface area contributed by atoms with Crippen molar-refractivity contribution in [3.05, 3.63) is 11.1 Å². The van der Waals surface area contributed by atoms with Gasteiger partial charge in [-0.25, -0.2) is 4.98 Å². The molecule has 0 aromatic carbocycles. The number of rotatable bonds is 3. The number of aromatic nitrogens is 1. The molecule has 0 saturated heterocycles. The van der Waals surface area contributed by atoms with Gasteiger partial charge in [-0.05, 0) is 0 Å². The van der Waals surface area contributed by atoms with Crippen LogP contribution in [0, 0.1) is 5.41 Å². The second-order valence-corrected chi connectivity index (χ2v) is 5.18. The van der Waals surface area contributed by atoms with Gasteiger partial charge in [0.05, 0.1) is 12.2 Å². The minimum Gasteiger partial charge on any atom is -0.365 e. The number of thiazole rings is 1. The number of carbonyl (C=O) groups excluding carboxylic acids is 1. The smallest absolute Gasteiger partial charge is 0.225 e. The molecule has 0 atom stereocenters. The number of nitrogens with zero attached hydrogens (tertiary/aromatic N) is 1. The van der Waals surface area contributed by atoms with Gasteiger partial charge in [-0.3, -0.25) is 4.79 Å². The highest BCUT2D eigenvalue weighted by Crippen LogP contribution is 2.16. The van der Waals surface area contributed by atoms with Crippen molar-refractivity contribution in [3.63, 3.8) is 0 Å². The number of nitrogens with one attached hydrogen (secondary N) is 2. The predicted octanol–water partition coefficient (Wildman–Crippen LogP) is 1.85. The van der Waals surface area contributed by atoms with Gasteiger partial charge in [-0.2, -0.15) is 0 Å². The van der Waals surface area contributed by atoms with Crippen LogP contribution in [0.3, 0.4) is 0 Å². The number of carbonyl (C=O) groups is 1. The first kappa shape index (κ1) is 12.0. The van der Waals surface area contributed by atoms with Crippen molar-refractivity contribution in [2.24, 2.45) is 5.41 Å². The maximum Gasteiger partial charge on any atom is 0.225 e. The van der Waals surface area contributed by atoms with E-state index < -0.39 is 0 Å². The zero-order valence-corrected chi connectivity index (χ0v) is 10.4. The molecule has 84 valence electrons. The molecule has 0 aliphatic carbocycles. The molecule has 0 bridgehead atoms. The summed E-state index contributed by atoms with van der Waals surface area (Å²) in [6, 6.07) is 0. The van der Waals surface area contributed by atoms with Crippen LogP contribution in [0.4, 0.5) is 5.13 Å². The van der Waals surface area contributed by atoms with E-state index in [0.29, 0.717) is 6.54 Å². The molecule has 0 aliphatic rings. The van der Waals surface area contributed by atoms with Gasteiger partial charge in [0, 0.05) is 17.8 Å². The Balaban J connectivity index is 2.47. The lowest BCUT2D eigenvalue weighted by Gasteiger charge is -2.16. The average molecular weight is 227 g/mol. The Hall–Kier alpha value is -1.10. The molecule has 0 fully saturated rings. The molecule has 15 heavy (non-hydrogen) atoms. The van der Waals surface area contributed by atoms with Gasteiger partial charge in [0.25, 0.3) is 0 Å². The zero-order valence-electron chi connectivity index (χ0n) is 9.55. The summed E-state index contributed by atoms with van der Waals surface area (Å²) in [5.41, 5.74) is 0.545. The monoisotopic (exact) mass is 227 g/mol. The number of hydrogen-bond acceptors (Lipinski definition) is 4. The van der Waals surface area contributed by atoms with Crippen LogP contribution in [0.15, 0.2) is 5.38 Å². The molecule has 1 rings (SSSR count). The van der Waals surface area contributed by atoms with Crippen molar-refractivity contribution in [2.45, 2.75) is 27.3 Å². The Morgan fingerprint density at radius 2 is 2.20 bits per heavy atom. The minimum absolute atomic E-state index is 0.0431. The molecule has 0 aliphatic heterocycles. The van der Waals surface area contributed by atoms with Crippen LogP contribution in [0.25, 0.3) is 0 Å². The van der Waals surface area contributed by atoms with Crippen LogP contribution >= 0.6 is 11.3 Å². The first-order chi connectivity index (χ1) is 6.93. The van der Waals surface area contributed by atoms with Crippen molar-refractivity contribution in [1.29, 1.82) is 0 Å². The maximum atomic E-state index is 11.6. The SMILES string of the molecule is CNc1nc(CNC(=O)C(C)(C)C)cs1. The second-order valence-electron chi connectivity index (χ2n) is 4.33. The zero-order chi connectivity index (χ0) is 11.5. The van der Waals surface area contributed by atoms with Gasteiger partial charge in [-0.1, -0.05) is 20.8 Å². The summed E-state index contributed by atoms with van der Waals surface area (Å²) in [4.78, 5) is 15.8. The lowest BCUT2D eigenvalue weighted by atomic mass is 9.96. The average Bonchev–Trinajstić information content (AvgIpc) is 2.60. The Morgan fingerprint density at radius 1 is 1.53 bits per heavy atom. The maximum absolute atomic E-state index is 11.6. The van der Waals surface area contributed by atoms with Crippen LogP contribution in [0.1, 0.15) is 26.5 Å². The first-order valence-electron chi connectivity index (χ1n) is 4.84. The topological polar surface area (TPSA) is 54.0 Å². The highest BCUT2D eigenvalue weighted by atomic mass is 32.1. The summed E-state index contributed by atoms with van der Waals surface area (Å²) in [6.45, 7) is 6.17. The second kappa shape index (κ2) is 4.61. The number of anilines is 1. The van der Waals surface area contributed by atoms with Gasteiger partial charge in [0.15, 0.2) is 5.13 Å². The fourth-order valence-corrected chi connectivity index (χ4v) is 1.61. The van der Waals surface area contributed by atoms with Gasteiger partial charge < -0.3 is 10.6 Å². The van der Waals surface area contributed by atoms with Crippen molar-refractivity contribution < 1.29 is 4.79 Å². The quantitative estimate of drug-likeness (QED) is 0.828. The number of amides is 1. The van der Waals surface area contributed by atoms with Crippen LogP contribution in [0.5, 0.6) is 0 Å². The van der Waals surface area contributed by atoms with Crippen molar-refractivity contribution in [2.75, 3.05) is 12.4 Å². The Morgan fingerprint density at radius 3 is 2.67 bits per heavy atom. The molecule has 1 amide bonds. The van der Waals surface area contributed by atoms with Gasteiger partial charge >= 0.3 is 0 Å². The summed E-state index contributed by atoms with van der Waals surface area (Å²) in [5.74, 6) is 0.0431. The van der Waals surface area contributed by atoms with Crippen LogP contribution in [-0.2, 0) is 11.3 Å². The molecule has 4 nitrogen and oxygen atoms in total. The number of hydrogen-bond donors (Lipinski definition) is 2. The predicted molar refractivity (Wildman–Crippen MR) is 63.0 cm³/mol. The largest absolute Gasteiger partial charge is 0.365 e. The molecular weight excluding hydrogens is 210 g/mol. The fraction of sp³-hybridized carbons (Fsp3) is 0.600. The van der Waals surface area contributed by atoms with Crippen LogP contribution in [-0.4, -0.2) is 17.9 Å². The Labute approximate surface area is 94.1 Å². The van der Waals surface area contributed by atoms with E-state index in [1.165, 1.54) is 11.3 Å². The molecule has 0 spiro atoms. The highest BCUT2D eigenvalue weighted by molar-refractivity contribution is 7.13. The molecule has 5 heteroatoms. The summed E-state index contributed by atoms with van der Waals surface area (Å²) < 4.78 is 0. The summed E-state index contributed by atoms with van der Waals surface area (Å²) >= 11 is 1.54. The summed E-state index contributed by atoms with van der Waals surface area (Å²) in [5, 5.41) is 8.62. The third kappa shape index (κ3) is 3.51. The fourth-order valence-electron chi connectivity index (χ4n) is 0.939. The first-order valence-corrected chi connectivity index (χ1v) is 5.72. The van der Waals surface area contributed by atoms with Crippen molar-refractivity contribution >= 4 is 22.4 Å². The minimum atomic E-state index is -0.345. The van der Waals surface area contributed by atoms with E-state index in [1.54, 1.807) is 0 Å². The summed E-state index contributed by atoms with van der Waals surface area (Å²) in [6.07, 6.45) is 0. The molecule has 1 aromatic heterocycles. The van der Waals surface area contributed by atoms with E-state index in [1.807, 2.05) is 33.2 Å². The van der Waals surface area contributed by atoms with Crippen LogP contribution < -0.4 is 10.6 Å². The normalized spacial score (nSPS) is 11.2. The van der Waals surface area contributed by atoms with E-state index in [2.05, 4.69) is 15.6 Å². The van der Waals surface area contributed by atoms with E-state index in [9.17, 15) is 4.79 Å². The van der Waals surface area contributed by atoms with E-state index in [0.717, 1.165) is 10.8 Å². The third-order valence-corrected chi connectivity index (χ3v) is 2.79. The third-order valence-electron chi connectivity index (χ3n) is 1.88. The lowest BCUT2D eigenvalue weighted by Crippen LogP contribution is -2.34. The standard InChI is InChI=1S/C10H17N3OS/c1-10(2,3)8(14)12-5-7-6-15-9(11-4)13-7/h6H,5H2,1-4H3,(H,11,13)(H,12,14). The van der Waals surface area contributed by atoms with Gasteiger partial charge in [0.1, 0.15) is 0 Å². The van der Waals surface area contributed by atoms with E-state index in [4.69, 9.17) is 0 Å². The van der Waals surface area contributed by atoms with Gasteiger partial charge in [0.2, 0.25) is 5.91 Å². The van der Waals surface area contributed by atoms with E-state index >= 15 is 0 Å². The van der Waals surface area contributed by atoms with Crippen molar-refractivity contribution in [3.8, 4) is 0 Å². The molecule has 0 radical (unpaired) electrons. The molecular formula is C10H17N3OS. The molecule has 0 unspecified atom stereocenters. The molecule has 0 saturated carbocycles. The summed E-state index contributed by atoms with van der Waals surface area (Å²) in [7, 11) is 1.83. The Kier molecular flexibility index (Phi) is 3.68. The van der Waals surface area contributed by atoms with Crippen molar-refractivity contribution in [1.82, 2.24) is 10.3 Å². The Bertz CT molecular complexity index is 341. The van der Waals surface area contributed by atoms with Crippen LogP contribution in [0.2, 0.25) is 0 Å². The molecule has 2 N–H and O–H groups in total. The highest BCUT2D eigenvalue weighted by Gasteiger charge is 2.20. The van der Waals surface area contributed by atoms with Gasteiger partial charge in [-0.15, -0.1) is 11.3 Å². The molecule has 1 aromatic rings.